The number of fused-ring (bicyclic) bond motifs is 5. The van der Waals surface area contributed by atoms with Gasteiger partial charge in [0, 0.05) is 17.3 Å². The zero-order valence-electron chi connectivity index (χ0n) is 20.9. The number of benzene rings is 5. The molecule has 2 nitrogen and oxygen atoms in total. The van der Waals surface area contributed by atoms with E-state index in [0.29, 0.717) is 6.54 Å². The molecule has 0 N–H and O–H groups in total. The Morgan fingerprint density at radius 1 is 0.595 bits per heavy atom. The topological polar surface area (TPSA) is 22.0 Å². The average molecular weight is 478 g/mol. The Morgan fingerprint density at radius 2 is 1.16 bits per heavy atom. The standard InChI is InChI=1S/C35H27NO/c1-2-36-32-21-20-24(22-31(32)25-14-6-11-19-30(25)35(36)37)34-28-17-9-7-15-26(28)33(23-12-4-3-5-13-23)27-16-8-10-18-29(27)34/h3-7,9,11-22H,2,8,10H2,1H3. The van der Waals surface area contributed by atoms with Crippen molar-refractivity contribution in [2.45, 2.75) is 26.3 Å². The summed E-state index contributed by atoms with van der Waals surface area (Å²) in [5.41, 5.74) is 6.11. The second-order valence-electron chi connectivity index (χ2n) is 9.80. The highest BCUT2D eigenvalue weighted by molar-refractivity contribution is 6.10. The van der Waals surface area contributed by atoms with E-state index < -0.39 is 0 Å². The molecule has 0 saturated carbocycles. The van der Waals surface area contributed by atoms with Crippen LogP contribution in [0.1, 0.15) is 19.8 Å². The van der Waals surface area contributed by atoms with Crippen LogP contribution in [0.5, 0.6) is 0 Å². The van der Waals surface area contributed by atoms with Crippen molar-refractivity contribution in [3.05, 3.63) is 118 Å². The molecule has 0 saturated heterocycles. The van der Waals surface area contributed by atoms with Gasteiger partial charge in [-0.15, -0.1) is 0 Å². The van der Waals surface area contributed by atoms with Crippen LogP contribution in [0.25, 0.3) is 66.9 Å². The number of hydrogen-bond donors (Lipinski definition) is 0. The quantitative estimate of drug-likeness (QED) is 0.251. The Hall–Kier alpha value is -4.43. The van der Waals surface area contributed by atoms with E-state index in [1.807, 2.05) is 29.7 Å². The molecule has 2 heteroatoms. The van der Waals surface area contributed by atoms with E-state index in [0.717, 1.165) is 34.5 Å². The summed E-state index contributed by atoms with van der Waals surface area (Å²) in [4.78, 5) is 13.2. The van der Waals surface area contributed by atoms with Gasteiger partial charge in [0.25, 0.3) is 5.56 Å². The molecule has 0 bridgehead atoms. The fourth-order valence-corrected chi connectivity index (χ4v) is 6.20. The summed E-state index contributed by atoms with van der Waals surface area (Å²) in [5.74, 6) is 0. The predicted molar refractivity (Wildman–Crippen MR) is 157 cm³/mol. The number of aryl methyl sites for hydroxylation is 1. The van der Waals surface area contributed by atoms with Gasteiger partial charge in [0.2, 0.25) is 0 Å². The Balaban J connectivity index is 1.64. The van der Waals surface area contributed by atoms with Gasteiger partial charge in [-0.2, -0.15) is 0 Å². The van der Waals surface area contributed by atoms with Gasteiger partial charge in [-0.25, -0.2) is 0 Å². The molecule has 1 heterocycles. The molecule has 0 radical (unpaired) electrons. The van der Waals surface area contributed by atoms with Gasteiger partial charge in [-0.3, -0.25) is 4.79 Å². The normalized spacial score (nSPS) is 12.9. The molecule has 1 aliphatic rings. The monoisotopic (exact) mass is 477 g/mol. The molecule has 5 aromatic carbocycles. The third-order valence-electron chi connectivity index (χ3n) is 7.81. The van der Waals surface area contributed by atoms with Crippen LogP contribution in [0.15, 0.2) is 102 Å². The summed E-state index contributed by atoms with van der Waals surface area (Å²) >= 11 is 0. The van der Waals surface area contributed by atoms with Crippen LogP contribution in [0, 0.1) is 0 Å². The largest absolute Gasteiger partial charge is 0.308 e. The molecule has 7 rings (SSSR count). The van der Waals surface area contributed by atoms with Gasteiger partial charge in [-0.1, -0.05) is 91.0 Å². The van der Waals surface area contributed by atoms with Crippen molar-refractivity contribution in [2.24, 2.45) is 0 Å². The van der Waals surface area contributed by atoms with E-state index in [1.54, 1.807) is 0 Å². The van der Waals surface area contributed by atoms with Gasteiger partial charge in [-0.05, 0) is 86.8 Å². The Labute approximate surface area is 215 Å². The highest BCUT2D eigenvalue weighted by Gasteiger charge is 2.17. The van der Waals surface area contributed by atoms with E-state index in [4.69, 9.17) is 0 Å². The first-order valence-electron chi connectivity index (χ1n) is 13.1. The minimum Gasteiger partial charge on any atom is -0.308 e. The minimum absolute atomic E-state index is 0.0799. The van der Waals surface area contributed by atoms with Crippen molar-refractivity contribution >= 4 is 44.6 Å². The summed E-state index contributed by atoms with van der Waals surface area (Å²) in [6, 6.07) is 34.2. The first kappa shape index (κ1) is 21.8. The minimum atomic E-state index is 0.0799. The lowest BCUT2D eigenvalue weighted by Crippen LogP contribution is -2.31. The van der Waals surface area contributed by atoms with Crippen LogP contribution in [0.2, 0.25) is 0 Å². The van der Waals surface area contributed by atoms with Crippen molar-refractivity contribution in [1.82, 2.24) is 4.57 Å². The van der Waals surface area contributed by atoms with Crippen molar-refractivity contribution in [3.8, 4) is 22.3 Å². The van der Waals surface area contributed by atoms with E-state index in [2.05, 4.69) is 91.0 Å². The molecule has 0 atom stereocenters. The maximum Gasteiger partial charge on any atom is 0.258 e. The Bertz CT molecular complexity index is 2030. The zero-order chi connectivity index (χ0) is 24.9. The number of hydrogen-bond acceptors (Lipinski definition) is 1. The lowest BCUT2D eigenvalue weighted by atomic mass is 9.86. The van der Waals surface area contributed by atoms with E-state index in [1.165, 1.54) is 43.5 Å². The molecule has 0 aliphatic heterocycles. The lowest BCUT2D eigenvalue weighted by Gasteiger charge is -2.18. The Kier molecular flexibility index (Phi) is 5.07. The lowest BCUT2D eigenvalue weighted by molar-refractivity contribution is 0.767. The zero-order valence-corrected chi connectivity index (χ0v) is 20.9. The highest BCUT2D eigenvalue weighted by Crippen LogP contribution is 2.34. The molecule has 178 valence electrons. The van der Waals surface area contributed by atoms with Crippen LogP contribution in [-0.4, -0.2) is 4.57 Å². The average Bonchev–Trinajstić information content (AvgIpc) is 2.96. The SMILES string of the molecule is CCn1c(=O)c2ccccc2c2cc(-c3c4c(c(-c5ccccc5)c5ccccc35)=CCCC=4)ccc21. The highest BCUT2D eigenvalue weighted by atomic mass is 16.1. The van der Waals surface area contributed by atoms with Crippen LogP contribution < -0.4 is 16.0 Å². The molecule has 0 fully saturated rings. The summed E-state index contributed by atoms with van der Waals surface area (Å²) in [7, 11) is 0. The smallest absolute Gasteiger partial charge is 0.258 e. The second-order valence-corrected chi connectivity index (χ2v) is 9.80. The van der Waals surface area contributed by atoms with Gasteiger partial charge < -0.3 is 4.57 Å². The summed E-state index contributed by atoms with van der Waals surface area (Å²) in [5, 5.41) is 8.10. The maximum absolute atomic E-state index is 13.2. The first-order chi connectivity index (χ1) is 18.3. The van der Waals surface area contributed by atoms with Crippen molar-refractivity contribution < 1.29 is 0 Å². The van der Waals surface area contributed by atoms with Crippen LogP contribution in [0.3, 0.4) is 0 Å². The van der Waals surface area contributed by atoms with Crippen LogP contribution in [-0.2, 0) is 6.54 Å². The number of pyridine rings is 1. The molecule has 37 heavy (non-hydrogen) atoms. The third-order valence-corrected chi connectivity index (χ3v) is 7.81. The second kappa shape index (κ2) is 8.60. The maximum atomic E-state index is 13.2. The fraction of sp³-hybridized carbons (Fsp3) is 0.114. The van der Waals surface area contributed by atoms with Crippen molar-refractivity contribution in [2.75, 3.05) is 0 Å². The summed E-state index contributed by atoms with van der Waals surface area (Å²) < 4.78 is 1.90. The molecule has 1 aliphatic carbocycles. The third kappa shape index (κ3) is 3.29. The van der Waals surface area contributed by atoms with E-state index in [-0.39, 0.29) is 5.56 Å². The van der Waals surface area contributed by atoms with E-state index >= 15 is 0 Å². The van der Waals surface area contributed by atoms with E-state index in [9.17, 15) is 4.79 Å². The van der Waals surface area contributed by atoms with Crippen molar-refractivity contribution in [3.63, 3.8) is 0 Å². The number of nitrogens with zero attached hydrogens (tertiary/aromatic N) is 1. The summed E-state index contributed by atoms with van der Waals surface area (Å²) in [6.07, 6.45) is 6.92. The molecule has 0 unspecified atom stereocenters. The van der Waals surface area contributed by atoms with Gasteiger partial charge in [0.15, 0.2) is 0 Å². The van der Waals surface area contributed by atoms with Gasteiger partial charge in [0.1, 0.15) is 0 Å². The number of aromatic nitrogens is 1. The van der Waals surface area contributed by atoms with Crippen LogP contribution in [0.4, 0.5) is 0 Å². The molecule has 0 amide bonds. The van der Waals surface area contributed by atoms with Crippen LogP contribution >= 0.6 is 0 Å². The van der Waals surface area contributed by atoms with Gasteiger partial charge in [0.05, 0.1) is 5.52 Å². The predicted octanol–water partition coefficient (Wildman–Crippen LogP) is 7.02. The molecule has 1 aromatic heterocycles. The first-order valence-corrected chi connectivity index (χ1v) is 13.1. The molecule has 6 aromatic rings. The molecular weight excluding hydrogens is 450 g/mol. The van der Waals surface area contributed by atoms with Gasteiger partial charge >= 0.3 is 0 Å². The van der Waals surface area contributed by atoms with Crippen molar-refractivity contribution in [1.29, 1.82) is 0 Å². The molecule has 0 spiro atoms. The molecular formula is C35H27NO. The fourth-order valence-electron chi connectivity index (χ4n) is 6.20. The number of rotatable bonds is 3. The Morgan fingerprint density at radius 3 is 1.81 bits per heavy atom. The summed E-state index contributed by atoms with van der Waals surface area (Å²) in [6.45, 7) is 2.69.